The molecule has 0 atom stereocenters. The zero-order valence-electron chi connectivity index (χ0n) is 36.4. The number of hydrogen-bond donors (Lipinski definition) is 0. The first-order valence-corrected chi connectivity index (χ1v) is 22.1. The van der Waals surface area contributed by atoms with Crippen molar-refractivity contribution < 1.29 is 33.5 Å². The predicted octanol–water partition coefficient (Wildman–Crippen LogP) is 7.22. The summed E-state index contributed by atoms with van der Waals surface area (Å²) >= 11 is 3.22. The van der Waals surface area contributed by atoms with Gasteiger partial charge in [-0.1, -0.05) is 82.5 Å². The molecule has 7 rings (SSSR count). The summed E-state index contributed by atoms with van der Waals surface area (Å²) in [4.78, 5) is 87.7. The second-order valence-electron chi connectivity index (χ2n) is 14.9. The topological polar surface area (TPSA) is 161 Å². The summed E-state index contributed by atoms with van der Waals surface area (Å²) in [5, 5.41) is 0.445. The zero-order chi connectivity index (χ0) is 45.6. The SMILES string of the molecule is CC#CC(=O)OCC.CC(=O)c1c(C)c(C(=O)C2CCN(CC(=O)c3ccccc3)CC2)n2ccncc12.O=C(CN1CCC(C(=O)CBr)CC1)c1ccccc1.c1cnccn1. The lowest BCUT2D eigenvalue weighted by Gasteiger charge is -2.30. The third-order valence-electron chi connectivity index (χ3n) is 10.6. The van der Waals surface area contributed by atoms with Gasteiger partial charge in [-0.2, -0.15) is 0 Å². The molecule has 0 spiro atoms. The van der Waals surface area contributed by atoms with Crippen LogP contribution in [-0.2, 0) is 14.3 Å². The summed E-state index contributed by atoms with van der Waals surface area (Å²) in [6, 6.07) is 18.7. The summed E-state index contributed by atoms with van der Waals surface area (Å²) in [6.45, 7) is 11.0. The Morgan fingerprint density at radius 1 is 0.730 bits per heavy atom. The van der Waals surface area contributed by atoms with E-state index in [1.54, 1.807) is 61.6 Å². The van der Waals surface area contributed by atoms with Gasteiger partial charge in [0.05, 0.1) is 42.4 Å². The average molecular weight is 920 g/mol. The second-order valence-corrected chi connectivity index (χ2v) is 15.4. The quantitative estimate of drug-likeness (QED) is 0.0407. The number of carbonyl (C=O) groups excluding carboxylic acids is 6. The number of piperidine rings is 2. The van der Waals surface area contributed by atoms with Crippen LogP contribution in [0, 0.1) is 30.6 Å². The molecule has 14 heteroatoms. The molecule has 63 heavy (non-hydrogen) atoms. The molecule has 2 aliphatic heterocycles. The van der Waals surface area contributed by atoms with Crippen molar-refractivity contribution in [3.8, 4) is 11.8 Å². The summed E-state index contributed by atoms with van der Waals surface area (Å²) in [5.74, 6) is 4.82. The third kappa shape index (κ3) is 15.4. The molecule has 0 aliphatic carbocycles. The van der Waals surface area contributed by atoms with E-state index in [9.17, 15) is 28.8 Å². The second kappa shape index (κ2) is 26.5. The molecule has 0 N–H and O–H groups in total. The van der Waals surface area contributed by atoms with Crippen LogP contribution in [0.4, 0.5) is 0 Å². The number of benzene rings is 2. The van der Waals surface area contributed by atoms with Gasteiger partial charge in [0.2, 0.25) is 0 Å². The molecule has 3 aromatic heterocycles. The number of nitrogens with zero attached hydrogens (tertiary/aromatic N) is 6. The molecule has 2 saturated heterocycles. The number of hydrogen-bond acceptors (Lipinski definition) is 12. The molecule has 2 aliphatic rings. The van der Waals surface area contributed by atoms with Crippen molar-refractivity contribution in [2.24, 2.45) is 11.8 Å². The lowest BCUT2D eigenvalue weighted by molar-refractivity contribution is -0.136. The molecule has 330 valence electrons. The maximum Gasteiger partial charge on any atom is 0.384 e. The van der Waals surface area contributed by atoms with Crippen molar-refractivity contribution in [1.29, 1.82) is 0 Å². The third-order valence-corrected chi connectivity index (χ3v) is 11.2. The highest BCUT2D eigenvalue weighted by atomic mass is 79.9. The number of aromatic nitrogens is 4. The molecule has 13 nitrogen and oxygen atoms in total. The number of fused-ring (bicyclic) bond motifs is 1. The van der Waals surface area contributed by atoms with Crippen LogP contribution in [-0.4, -0.2) is 115 Å². The van der Waals surface area contributed by atoms with Gasteiger partial charge >= 0.3 is 5.97 Å². The summed E-state index contributed by atoms with van der Waals surface area (Å²) in [7, 11) is 0. The molecule has 5 aromatic rings. The summed E-state index contributed by atoms with van der Waals surface area (Å²) < 4.78 is 6.27. The highest BCUT2D eigenvalue weighted by Crippen LogP contribution is 2.29. The Balaban J connectivity index is 0.000000223. The van der Waals surface area contributed by atoms with Gasteiger partial charge in [0.25, 0.3) is 0 Å². The van der Waals surface area contributed by atoms with E-state index >= 15 is 0 Å². The smallest absolute Gasteiger partial charge is 0.384 e. The fourth-order valence-electron chi connectivity index (χ4n) is 7.41. The number of ether oxygens (including phenoxy) is 1. The molecule has 5 heterocycles. The Morgan fingerprint density at radius 3 is 1.65 bits per heavy atom. The number of alkyl halides is 1. The van der Waals surface area contributed by atoms with Gasteiger partial charge in [-0.3, -0.25) is 48.7 Å². The first kappa shape index (κ1) is 49.6. The van der Waals surface area contributed by atoms with Crippen LogP contribution in [0.3, 0.4) is 0 Å². The molecule has 2 aromatic carbocycles. The van der Waals surface area contributed by atoms with E-state index in [1.165, 1.54) is 6.92 Å². The standard InChI is InChI=1S/C24H25N3O3.C15H18BrNO2.C6H8O2.C4H4N2/c1-16-22(17(2)28)20-14-25-10-13-27(20)23(16)24(30)19-8-11-26(12-9-19)15-21(29)18-6-4-3-5-7-18;16-10-14(18)13-6-8-17(9-7-13)11-15(19)12-4-2-1-3-5-12;1-3-5-6(7)8-4-2;1-2-6-4-3-5-1/h3-7,10,13-14,19H,8-9,11-12,15H2,1-2H3;1-5,13H,6-11H2;4H2,1-2H3;1-4H. The molecular formula is C49H55BrN6O7. The molecule has 0 bridgehead atoms. The van der Waals surface area contributed by atoms with E-state index < -0.39 is 5.97 Å². The number of esters is 1. The van der Waals surface area contributed by atoms with Crippen molar-refractivity contribution in [3.63, 3.8) is 0 Å². The monoisotopic (exact) mass is 918 g/mol. The lowest BCUT2D eigenvalue weighted by Crippen LogP contribution is -2.39. The number of carbonyl (C=O) groups is 6. The lowest BCUT2D eigenvalue weighted by atomic mass is 9.89. The Morgan fingerprint density at radius 2 is 1.22 bits per heavy atom. The first-order valence-electron chi connectivity index (χ1n) is 21.0. The highest BCUT2D eigenvalue weighted by molar-refractivity contribution is 9.09. The number of halogens is 1. The first-order chi connectivity index (χ1) is 30.5. The molecule has 0 saturated carbocycles. The van der Waals surface area contributed by atoms with Crippen molar-refractivity contribution in [3.05, 3.63) is 132 Å². The summed E-state index contributed by atoms with van der Waals surface area (Å²) in [5.41, 5.74) is 4.03. The normalized spacial score (nSPS) is 14.2. The van der Waals surface area contributed by atoms with Crippen molar-refractivity contribution >= 4 is 56.3 Å². The van der Waals surface area contributed by atoms with E-state index in [1.807, 2.05) is 67.6 Å². The van der Waals surface area contributed by atoms with E-state index in [4.69, 9.17) is 0 Å². The van der Waals surface area contributed by atoms with Gasteiger partial charge in [-0.25, -0.2) is 4.79 Å². The minimum Gasteiger partial charge on any atom is -0.456 e. The minimum absolute atomic E-state index is 0.0636. The fraction of sp³-hybridized carbons (Fsp3) is 0.367. The van der Waals surface area contributed by atoms with E-state index in [2.05, 4.69) is 57.3 Å². The van der Waals surface area contributed by atoms with E-state index in [0.717, 1.165) is 42.6 Å². The van der Waals surface area contributed by atoms with Crippen LogP contribution < -0.4 is 0 Å². The highest BCUT2D eigenvalue weighted by Gasteiger charge is 2.31. The van der Waals surface area contributed by atoms with Gasteiger partial charge in [0.15, 0.2) is 23.1 Å². The Hall–Kier alpha value is -6.01. The number of rotatable bonds is 12. The van der Waals surface area contributed by atoms with E-state index in [-0.39, 0.29) is 40.8 Å². The number of ketones is 5. The van der Waals surface area contributed by atoms with Gasteiger partial charge < -0.3 is 9.14 Å². The van der Waals surface area contributed by atoms with Crippen LogP contribution >= 0.6 is 15.9 Å². The Bertz CT molecular complexity index is 2300. The van der Waals surface area contributed by atoms with Gasteiger partial charge in [0.1, 0.15) is 5.78 Å². The van der Waals surface area contributed by atoms with Crippen LogP contribution in [0.15, 0.2) is 104 Å². The summed E-state index contributed by atoms with van der Waals surface area (Å²) in [6.07, 6.45) is 14.7. The number of Topliss-reactive ketones (excluding diaryl/α,β-unsaturated/α-hetero) is 5. The maximum absolute atomic E-state index is 13.4. The maximum atomic E-state index is 13.4. The predicted molar refractivity (Wildman–Crippen MR) is 245 cm³/mol. The van der Waals surface area contributed by atoms with Crippen molar-refractivity contribution in [1.82, 2.24) is 29.2 Å². The van der Waals surface area contributed by atoms with Crippen LogP contribution in [0.5, 0.6) is 0 Å². The zero-order valence-corrected chi connectivity index (χ0v) is 38.0. The van der Waals surface area contributed by atoms with Gasteiger partial charge in [0, 0.05) is 71.6 Å². The Kier molecular flexibility index (Phi) is 20.9. The molecule has 0 unspecified atom stereocenters. The van der Waals surface area contributed by atoms with Gasteiger partial charge in [-0.15, -0.1) is 0 Å². The largest absolute Gasteiger partial charge is 0.456 e. The molecular weight excluding hydrogens is 864 g/mol. The van der Waals surface area contributed by atoms with Crippen LogP contribution in [0.25, 0.3) is 5.52 Å². The number of likely N-dealkylation sites (tertiary alicyclic amines) is 2. The van der Waals surface area contributed by atoms with Crippen molar-refractivity contribution in [2.45, 2.75) is 53.4 Å². The van der Waals surface area contributed by atoms with Crippen LogP contribution in [0.1, 0.15) is 93.6 Å². The molecule has 0 radical (unpaired) electrons. The van der Waals surface area contributed by atoms with Crippen LogP contribution in [0.2, 0.25) is 0 Å². The fourth-order valence-corrected chi connectivity index (χ4v) is 7.87. The molecule has 2 fully saturated rings. The van der Waals surface area contributed by atoms with E-state index in [0.29, 0.717) is 67.7 Å². The minimum atomic E-state index is -0.449. The average Bonchev–Trinajstić information content (AvgIpc) is 3.62. The van der Waals surface area contributed by atoms with Crippen molar-refractivity contribution in [2.75, 3.05) is 51.2 Å². The molecule has 0 amide bonds. The Labute approximate surface area is 377 Å². The van der Waals surface area contributed by atoms with Gasteiger partial charge in [-0.05, 0) is 85.1 Å².